The molecule has 0 aromatic heterocycles. The Bertz CT molecular complexity index is 782. The summed E-state index contributed by atoms with van der Waals surface area (Å²) in [7, 11) is 1.33. The first-order chi connectivity index (χ1) is 9.91. The van der Waals surface area contributed by atoms with E-state index in [1.54, 1.807) is 13.8 Å². The second-order valence-electron chi connectivity index (χ2n) is 2.51. The average Bonchev–Trinajstić information content (AvgIpc) is 2.47. The van der Waals surface area contributed by atoms with E-state index in [0.717, 1.165) is 0 Å². The Morgan fingerprint density at radius 2 is 1.00 bits per heavy atom. The second kappa shape index (κ2) is 15.3. The van der Waals surface area contributed by atoms with Gasteiger partial charge in [0.2, 0.25) is 0 Å². The Morgan fingerprint density at radius 3 is 1.55 bits per heavy atom. The summed E-state index contributed by atoms with van der Waals surface area (Å²) in [5, 5.41) is 0. The third-order valence-electron chi connectivity index (χ3n) is 1.20. The van der Waals surface area contributed by atoms with E-state index in [-0.39, 0.29) is 0 Å². The number of hydrogen-bond acceptors (Lipinski definition) is 1. The summed E-state index contributed by atoms with van der Waals surface area (Å²) < 4.78 is 0. The summed E-state index contributed by atoms with van der Waals surface area (Å²) in [6.07, 6.45) is 0. The van der Waals surface area contributed by atoms with Crippen LogP contribution < -0.4 is 0 Å². The Balaban J connectivity index is 4.24. The van der Waals surface area contributed by atoms with Crippen molar-refractivity contribution in [3.05, 3.63) is 0 Å². The molecule has 0 atom stereocenters. The molecule has 0 N–H and O–H groups in total. The average molecular weight is 247 g/mol. The minimum atomic E-state index is 1.33. The van der Waals surface area contributed by atoms with Gasteiger partial charge in [-0.2, -0.15) is 0 Å². The predicted molar refractivity (Wildman–Crippen MR) is 81.7 cm³/mol. The maximum atomic E-state index is 3.69. The zero-order valence-electron chi connectivity index (χ0n) is 11.0. The first-order valence-corrected chi connectivity index (χ1v) is 5.27. The second-order valence-corrected chi connectivity index (χ2v) is 2.51. The fraction of sp³-hybridized carbons (Fsp3) is 0.111. The molecule has 0 aromatic carbocycles. The summed E-state index contributed by atoms with van der Waals surface area (Å²) in [6, 6.07) is 2.44. The molecule has 0 saturated carbocycles. The van der Waals surface area contributed by atoms with Crippen LogP contribution in [-0.2, 0) is 0 Å². The Hall–Kier alpha value is -3.66. The number of hydrogen-bond donors (Lipinski definition) is 0. The van der Waals surface area contributed by atoms with Gasteiger partial charge in [0.15, 0.2) is 0 Å². The van der Waals surface area contributed by atoms with Gasteiger partial charge in [0.05, 0.1) is 0 Å². The molecular weight excluding hydrogens is 241 g/mol. The summed E-state index contributed by atoms with van der Waals surface area (Å²) in [6.45, 7) is 3.41. The van der Waals surface area contributed by atoms with E-state index in [2.05, 4.69) is 99.6 Å². The molecule has 20 heavy (non-hydrogen) atoms. The van der Waals surface area contributed by atoms with Crippen molar-refractivity contribution in [1.29, 1.82) is 0 Å². The maximum absolute atomic E-state index is 3.69. The van der Waals surface area contributed by atoms with Crippen LogP contribution in [0.15, 0.2) is 4.90 Å². The predicted octanol–water partition coefficient (Wildman–Crippen LogP) is 0.856. The van der Waals surface area contributed by atoms with Crippen molar-refractivity contribution in [3.63, 3.8) is 0 Å². The Labute approximate surface area is 121 Å². The monoisotopic (exact) mass is 247 g/mol. The topological polar surface area (TPSA) is 12.4 Å². The SMILES string of the molecule is CC#CC#CC#CC#CB=NC#CC#CC#CC#CC. The molecule has 0 aliphatic carbocycles. The molecule has 0 fully saturated rings. The van der Waals surface area contributed by atoms with E-state index < -0.39 is 0 Å². The molecule has 0 aliphatic rings. The fourth-order valence-corrected chi connectivity index (χ4v) is 0.568. The van der Waals surface area contributed by atoms with Gasteiger partial charge in [-0.3, -0.25) is 0 Å². The molecule has 0 bridgehead atoms. The molecule has 1 nitrogen and oxygen atoms in total. The van der Waals surface area contributed by atoms with Crippen LogP contribution >= 0.6 is 0 Å². The third kappa shape index (κ3) is 14.3. The van der Waals surface area contributed by atoms with Crippen LogP contribution in [0.2, 0.25) is 0 Å². The standard InChI is InChI=1S/C18H6BN/c1-3-5-7-9-11-13-15-17-19-20-18-16-14-12-10-8-6-4-2/h1-2H3. The van der Waals surface area contributed by atoms with Crippen LogP contribution in [0.3, 0.4) is 0 Å². The van der Waals surface area contributed by atoms with Crippen molar-refractivity contribution in [2.45, 2.75) is 13.8 Å². The summed E-state index contributed by atoms with van der Waals surface area (Å²) >= 11 is 0. The van der Waals surface area contributed by atoms with Crippen molar-refractivity contribution in [2.24, 2.45) is 4.90 Å². The molecule has 0 heterocycles. The quantitative estimate of drug-likeness (QED) is 0.444. The van der Waals surface area contributed by atoms with Gasteiger partial charge in [0.1, 0.15) is 0 Å². The molecule has 0 radical (unpaired) electrons. The van der Waals surface area contributed by atoms with Crippen LogP contribution in [0.4, 0.5) is 0 Å². The van der Waals surface area contributed by atoms with Crippen molar-refractivity contribution in [1.82, 2.24) is 0 Å². The first kappa shape index (κ1) is 16.3. The van der Waals surface area contributed by atoms with E-state index in [4.69, 9.17) is 0 Å². The molecular formula is C18H6BN. The molecule has 0 saturated heterocycles. The van der Waals surface area contributed by atoms with Gasteiger partial charge < -0.3 is 0 Å². The first-order valence-electron chi connectivity index (χ1n) is 5.27. The number of nitrogens with zero attached hydrogens (tertiary/aromatic N) is 1. The molecule has 0 spiro atoms. The van der Waals surface area contributed by atoms with Gasteiger partial charge in [-0.05, 0) is 0 Å². The zero-order valence-corrected chi connectivity index (χ0v) is 11.0. The van der Waals surface area contributed by atoms with Crippen LogP contribution in [-0.4, -0.2) is 7.07 Å². The van der Waals surface area contributed by atoms with Crippen molar-refractivity contribution in [2.75, 3.05) is 0 Å². The molecule has 0 aromatic rings. The van der Waals surface area contributed by atoms with E-state index in [1.165, 1.54) is 7.07 Å². The summed E-state index contributed by atoms with van der Waals surface area (Å²) in [4.78, 5) is 3.69. The van der Waals surface area contributed by atoms with Crippen molar-refractivity contribution in [3.8, 4) is 94.8 Å². The molecule has 0 rings (SSSR count). The van der Waals surface area contributed by atoms with Crippen LogP contribution in [0.1, 0.15) is 13.8 Å². The molecule has 2 heteroatoms. The van der Waals surface area contributed by atoms with Gasteiger partial charge in [0, 0.05) is 0 Å². The summed E-state index contributed by atoms with van der Waals surface area (Å²) in [5.74, 6) is 38.1. The van der Waals surface area contributed by atoms with E-state index in [9.17, 15) is 0 Å². The fourth-order valence-electron chi connectivity index (χ4n) is 0.568. The summed E-state index contributed by atoms with van der Waals surface area (Å²) in [5.41, 5.74) is 0. The van der Waals surface area contributed by atoms with Crippen LogP contribution in [0.25, 0.3) is 0 Å². The Morgan fingerprint density at radius 1 is 0.550 bits per heavy atom. The van der Waals surface area contributed by atoms with Crippen molar-refractivity contribution >= 4 is 7.07 Å². The van der Waals surface area contributed by atoms with Gasteiger partial charge in [-0.25, -0.2) is 0 Å². The molecule has 0 unspecified atom stereocenters. The van der Waals surface area contributed by atoms with Crippen LogP contribution in [0, 0.1) is 94.8 Å². The van der Waals surface area contributed by atoms with Crippen molar-refractivity contribution < 1.29 is 0 Å². The van der Waals surface area contributed by atoms with Crippen LogP contribution in [0.5, 0.6) is 0 Å². The molecule has 86 valence electrons. The van der Waals surface area contributed by atoms with Gasteiger partial charge in [-0.1, -0.05) is 0 Å². The molecule has 0 amide bonds. The van der Waals surface area contributed by atoms with Gasteiger partial charge in [0.25, 0.3) is 0 Å². The molecule has 0 aliphatic heterocycles. The van der Waals surface area contributed by atoms with E-state index in [0.29, 0.717) is 0 Å². The van der Waals surface area contributed by atoms with Gasteiger partial charge in [-0.15, -0.1) is 0 Å². The van der Waals surface area contributed by atoms with E-state index >= 15 is 0 Å². The Kier molecular flexibility index (Phi) is 12.5. The van der Waals surface area contributed by atoms with Gasteiger partial charge >= 0.3 is 121 Å². The normalized spacial score (nSPS) is 4.70. The minimum absolute atomic E-state index is 1.33. The van der Waals surface area contributed by atoms with E-state index in [1.807, 2.05) is 0 Å². The third-order valence-corrected chi connectivity index (χ3v) is 1.20. The zero-order chi connectivity index (χ0) is 14.7. The number of rotatable bonds is 0.